The van der Waals surface area contributed by atoms with E-state index in [1.165, 1.54) is 30.4 Å². The van der Waals surface area contributed by atoms with Gasteiger partial charge in [0.15, 0.2) is 5.96 Å². The van der Waals surface area contributed by atoms with Crippen LogP contribution in [0.1, 0.15) is 36.3 Å². The van der Waals surface area contributed by atoms with E-state index in [4.69, 9.17) is 0 Å². The summed E-state index contributed by atoms with van der Waals surface area (Å²) in [6.45, 7) is 0.958. The highest BCUT2D eigenvalue weighted by Crippen LogP contribution is 2.47. The van der Waals surface area contributed by atoms with Crippen LogP contribution in [-0.2, 0) is 5.41 Å². The van der Waals surface area contributed by atoms with Crippen molar-refractivity contribution in [3.63, 3.8) is 0 Å². The molecule has 2 saturated carbocycles. The highest BCUT2D eigenvalue weighted by Gasteiger charge is 2.44. The van der Waals surface area contributed by atoms with Crippen molar-refractivity contribution in [2.75, 3.05) is 13.6 Å². The zero-order chi connectivity index (χ0) is 16.4. The Morgan fingerprint density at radius 3 is 2.33 bits per heavy atom. The standard InChI is InChI=1S/C21H25N3/c1-22-20(24-19-14-18(19)16-8-4-2-5-9-16)23-15-21(12-13-21)17-10-6-3-7-11-17/h2-11,18-19H,12-15H2,1H3,(H2,22,23,24). The van der Waals surface area contributed by atoms with Crippen molar-refractivity contribution in [3.8, 4) is 0 Å². The van der Waals surface area contributed by atoms with Crippen LogP contribution in [0, 0.1) is 0 Å². The first-order valence-corrected chi connectivity index (χ1v) is 8.88. The number of hydrogen-bond donors (Lipinski definition) is 2. The maximum atomic E-state index is 4.42. The number of aliphatic imine (C=N–C) groups is 1. The summed E-state index contributed by atoms with van der Waals surface area (Å²) in [4.78, 5) is 4.42. The molecular formula is C21H25N3. The van der Waals surface area contributed by atoms with Crippen molar-refractivity contribution in [3.05, 3.63) is 71.8 Å². The first-order chi connectivity index (χ1) is 11.8. The smallest absolute Gasteiger partial charge is 0.191 e. The number of rotatable bonds is 5. The van der Waals surface area contributed by atoms with Crippen LogP contribution in [0.25, 0.3) is 0 Å². The average molecular weight is 319 g/mol. The summed E-state index contributed by atoms with van der Waals surface area (Å²) in [5.74, 6) is 1.55. The molecular weight excluding hydrogens is 294 g/mol. The van der Waals surface area contributed by atoms with Gasteiger partial charge in [0, 0.05) is 31.0 Å². The second kappa shape index (κ2) is 6.31. The lowest BCUT2D eigenvalue weighted by atomic mass is 9.96. The Balaban J connectivity index is 1.32. The lowest BCUT2D eigenvalue weighted by Crippen LogP contribution is -2.42. The van der Waals surface area contributed by atoms with Gasteiger partial charge in [0.05, 0.1) is 0 Å². The monoisotopic (exact) mass is 319 g/mol. The van der Waals surface area contributed by atoms with E-state index in [1.54, 1.807) is 0 Å². The highest BCUT2D eigenvalue weighted by atomic mass is 15.2. The predicted molar refractivity (Wildman–Crippen MR) is 99.4 cm³/mol. The Morgan fingerprint density at radius 1 is 1.04 bits per heavy atom. The van der Waals surface area contributed by atoms with Gasteiger partial charge in [-0.05, 0) is 30.4 Å². The number of hydrogen-bond acceptors (Lipinski definition) is 1. The second-order valence-corrected chi connectivity index (χ2v) is 7.08. The van der Waals surface area contributed by atoms with Gasteiger partial charge in [-0.15, -0.1) is 0 Å². The fourth-order valence-electron chi connectivity index (χ4n) is 3.56. The molecule has 2 aromatic rings. The third kappa shape index (κ3) is 3.16. The van der Waals surface area contributed by atoms with Crippen LogP contribution in [-0.4, -0.2) is 25.6 Å². The summed E-state index contributed by atoms with van der Waals surface area (Å²) in [7, 11) is 1.86. The zero-order valence-electron chi connectivity index (χ0n) is 14.2. The molecule has 3 nitrogen and oxygen atoms in total. The van der Waals surface area contributed by atoms with Crippen LogP contribution in [0.3, 0.4) is 0 Å². The van der Waals surface area contributed by atoms with Gasteiger partial charge >= 0.3 is 0 Å². The third-order valence-electron chi connectivity index (χ3n) is 5.40. The van der Waals surface area contributed by atoms with Crippen molar-refractivity contribution < 1.29 is 0 Å². The molecule has 2 unspecified atom stereocenters. The fraction of sp³-hybridized carbons (Fsp3) is 0.381. The van der Waals surface area contributed by atoms with Gasteiger partial charge in [0.1, 0.15) is 0 Å². The van der Waals surface area contributed by atoms with Crippen LogP contribution < -0.4 is 10.6 Å². The molecule has 0 spiro atoms. The Labute approximate surface area is 144 Å². The fourth-order valence-corrected chi connectivity index (χ4v) is 3.56. The third-order valence-corrected chi connectivity index (χ3v) is 5.40. The molecule has 2 aromatic carbocycles. The quantitative estimate of drug-likeness (QED) is 0.654. The molecule has 4 rings (SSSR count). The van der Waals surface area contributed by atoms with E-state index < -0.39 is 0 Å². The van der Waals surface area contributed by atoms with Crippen molar-refractivity contribution in [1.82, 2.24) is 10.6 Å². The first-order valence-electron chi connectivity index (χ1n) is 8.88. The normalized spacial score (nSPS) is 24.3. The maximum Gasteiger partial charge on any atom is 0.191 e. The lowest BCUT2D eigenvalue weighted by molar-refractivity contribution is 0.644. The molecule has 2 atom stereocenters. The predicted octanol–water partition coefficient (Wildman–Crippen LogP) is 3.44. The number of guanidine groups is 1. The van der Waals surface area contributed by atoms with Crippen LogP contribution in [0.2, 0.25) is 0 Å². The van der Waals surface area contributed by atoms with Crippen molar-refractivity contribution >= 4 is 5.96 Å². The highest BCUT2D eigenvalue weighted by molar-refractivity contribution is 5.80. The van der Waals surface area contributed by atoms with Gasteiger partial charge < -0.3 is 10.6 Å². The molecule has 0 bridgehead atoms. The number of nitrogens with one attached hydrogen (secondary N) is 2. The van der Waals surface area contributed by atoms with Crippen molar-refractivity contribution in [2.45, 2.75) is 36.6 Å². The van der Waals surface area contributed by atoms with Crippen molar-refractivity contribution in [2.24, 2.45) is 4.99 Å². The summed E-state index contributed by atoms with van der Waals surface area (Å²) in [5, 5.41) is 7.13. The summed E-state index contributed by atoms with van der Waals surface area (Å²) in [6.07, 6.45) is 3.71. The van der Waals surface area contributed by atoms with Gasteiger partial charge in [0.2, 0.25) is 0 Å². The topological polar surface area (TPSA) is 36.4 Å². The van der Waals surface area contributed by atoms with Crippen LogP contribution >= 0.6 is 0 Å². The molecule has 24 heavy (non-hydrogen) atoms. The Bertz CT molecular complexity index is 704. The number of benzene rings is 2. The molecule has 3 heteroatoms. The summed E-state index contributed by atoms with van der Waals surface area (Å²) >= 11 is 0. The van der Waals surface area contributed by atoms with Gasteiger partial charge in [-0.3, -0.25) is 4.99 Å². The molecule has 0 heterocycles. The van der Waals surface area contributed by atoms with Gasteiger partial charge in [0.25, 0.3) is 0 Å². The average Bonchev–Trinajstić information content (AvgIpc) is 3.56. The molecule has 0 radical (unpaired) electrons. The Hall–Kier alpha value is -2.29. The summed E-state index contributed by atoms with van der Waals surface area (Å²) in [6, 6.07) is 22.1. The van der Waals surface area contributed by atoms with E-state index in [0.29, 0.717) is 17.4 Å². The minimum absolute atomic E-state index is 0.307. The minimum Gasteiger partial charge on any atom is -0.356 e. The van der Waals surface area contributed by atoms with E-state index in [1.807, 2.05) is 7.05 Å². The van der Waals surface area contributed by atoms with E-state index >= 15 is 0 Å². The summed E-state index contributed by atoms with van der Waals surface area (Å²) < 4.78 is 0. The minimum atomic E-state index is 0.307. The molecule has 2 aliphatic rings. The zero-order valence-corrected chi connectivity index (χ0v) is 14.2. The van der Waals surface area contributed by atoms with E-state index in [9.17, 15) is 0 Å². The molecule has 0 saturated heterocycles. The molecule has 0 amide bonds. The lowest BCUT2D eigenvalue weighted by Gasteiger charge is -2.19. The molecule has 2 aliphatic carbocycles. The van der Waals surface area contributed by atoms with Gasteiger partial charge in [-0.1, -0.05) is 60.7 Å². The largest absolute Gasteiger partial charge is 0.356 e. The second-order valence-electron chi connectivity index (χ2n) is 7.08. The maximum absolute atomic E-state index is 4.42. The SMILES string of the molecule is CN=C(NCC1(c2ccccc2)CC1)NC1CC1c1ccccc1. The Morgan fingerprint density at radius 2 is 1.71 bits per heavy atom. The first kappa shape index (κ1) is 15.3. The molecule has 2 fully saturated rings. The van der Waals surface area contributed by atoms with Crippen LogP contribution in [0.15, 0.2) is 65.7 Å². The van der Waals surface area contributed by atoms with Gasteiger partial charge in [-0.25, -0.2) is 0 Å². The van der Waals surface area contributed by atoms with Crippen LogP contribution in [0.4, 0.5) is 0 Å². The summed E-state index contributed by atoms with van der Waals surface area (Å²) in [5.41, 5.74) is 3.18. The molecule has 0 aliphatic heterocycles. The molecule has 124 valence electrons. The van der Waals surface area contributed by atoms with Crippen LogP contribution in [0.5, 0.6) is 0 Å². The molecule has 0 aromatic heterocycles. The van der Waals surface area contributed by atoms with E-state index in [2.05, 4.69) is 76.3 Å². The van der Waals surface area contributed by atoms with E-state index in [-0.39, 0.29) is 0 Å². The number of nitrogens with zero attached hydrogens (tertiary/aromatic N) is 1. The van der Waals surface area contributed by atoms with E-state index in [0.717, 1.165) is 12.5 Å². The van der Waals surface area contributed by atoms with Crippen molar-refractivity contribution in [1.29, 1.82) is 0 Å². The molecule has 2 N–H and O–H groups in total. The Kier molecular flexibility index (Phi) is 4.01. The van der Waals surface area contributed by atoms with Gasteiger partial charge in [-0.2, -0.15) is 0 Å².